The largest absolute Gasteiger partial charge is 0.462 e. The number of carbonyl (C=O) groups is 1. The third-order valence-corrected chi connectivity index (χ3v) is 4.26. The monoisotopic (exact) mass is 350 g/mol. The molecule has 1 saturated carbocycles. The summed E-state index contributed by atoms with van der Waals surface area (Å²) in [5, 5.41) is 11.8. The summed E-state index contributed by atoms with van der Waals surface area (Å²) in [5.41, 5.74) is 1.17. The molecule has 2 atom stereocenters. The van der Waals surface area contributed by atoms with Crippen molar-refractivity contribution in [3.05, 3.63) is 30.3 Å². The number of benzene rings is 1. The van der Waals surface area contributed by atoms with Crippen LogP contribution < -0.4 is 5.32 Å². The summed E-state index contributed by atoms with van der Waals surface area (Å²) in [6.07, 6.45) is 8.18. The summed E-state index contributed by atoms with van der Waals surface area (Å²) in [4.78, 5) is 12.0. The van der Waals surface area contributed by atoms with Crippen molar-refractivity contribution in [3.63, 3.8) is 0 Å². The minimum Gasteiger partial charge on any atom is -0.462 e. The van der Waals surface area contributed by atoms with Crippen molar-refractivity contribution in [2.24, 2.45) is 5.92 Å². The van der Waals surface area contributed by atoms with E-state index in [1.165, 1.54) is 12.8 Å². The molecule has 0 aliphatic heterocycles. The highest BCUT2D eigenvalue weighted by molar-refractivity contribution is 7.79. The van der Waals surface area contributed by atoms with Crippen LogP contribution in [-0.4, -0.2) is 30.6 Å². The second-order valence-electron chi connectivity index (χ2n) is 5.85. The Morgan fingerprint density at radius 1 is 1.17 bits per heavy atom. The lowest BCUT2D eigenvalue weighted by molar-refractivity contribution is -0.135. The van der Waals surface area contributed by atoms with Crippen molar-refractivity contribution in [2.45, 2.75) is 51.5 Å². The molecule has 1 aromatic carbocycles. The van der Waals surface area contributed by atoms with Gasteiger partial charge in [0.25, 0.3) is 0 Å². The topological polar surface area (TPSA) is 62.2 Å². The van der Waals surface area contributed by atoms with Gasteiger partial charge in [0.05, 0.1) is 6.61 Å². The maximum Gasteiger partial charge on any atom is 0.352 e. The summed E-state index contributed by atoms with van der Waals surface area (Å²) in [5.74, 6) is -0.535. The van der Waals surface area contributed by atoms with Crippen molar-refractivity contribution in [2.75, 3.05) is 18.2 Å². The lowest BCUT2D eigenvalue weighted by atomic mass is 9.83. The molecule has 5 heteroatoms. The Hall–Kier alpha value is -1.49. The lowest BCUT2D eigenvalue weighted by Gasteiger charge is -2.30. The van der Waals surface area contributed by atoms with Crippen LogP contribution in [0, 0.1) is 11.3 Å². The molecule has 1 aromatic rings. The summed E-state index contributed by atoms with van der Waals surface area (Å²) in [6.45, 7) is 2.10. The van der Waals surface area contributed by atoms with Crippen molar-refractivity contribution in [1.29, 1.82) is 5.41 Å². The van der Waals surface area contributed by atoms with E-state index < -0.39 is 5.97 Å². The summed E-state index contributed by atoms with van der Waals surface area (Å²) < 4.78 is 5.04. The van der Waals surface area contributed by atoms with E-state index in [0.717, 1.165) is 31.4 Å². The Labute approximate surface area is 151 Å². The molecule has 24 heavy (non-hydrogen) atoms. The van der Waals surface area contributed by atoms with Gasteiger partial charge in [-0.25, -0.2) is 4.79 Å². The van der Waals surface area contributed by atoms with E-state index in [-0.39, 0.29) is 17.7 Å². The van der Waals surface area contributed by atoms with Gasteiger partial charge < -0.3 is 10.1 Å². The number of ether oxygens (including phenoxy) is 1. The van der Waals surface area contributed by atoms with Crippen LogP contribution in [-0.2, 0) is 9.53 Å². The molecule has 0 amide bonds. The SMILES string of the molecule is CCOC(=O)C(=N)C1CCCCCCC1Nc1ccccc1.CS. The molecule has 0 bridgehead atoms. The highest BCUT2D eigenvalue weighted by atomic mass is 32.1. The van der Waals surface area contributed by atoms with Crippen LogP contribution in [0.2, 0.25) is 0 Å². The Morgan fingerprint density at radius 2 is 1.79 bits per heavy atom. The molecule has 0 radical (unpaired) electrons. The summed E-state index contributed by atoms with van der Waals surface area (Å²) in [6, 6.07) is 10.2. The number of hydrogen-bond donors (Lipinski definition) is 3. The fourth-order valence-corrected chi connectivity index (χ4v) is 3.11. The zero-order chi connectivity index (χ0) is 17.8. The maximum atomic E-state index is 12.0. The van der Waals surface area contributed by atoms with Crippen LogP contribution in [0.15, 0.2) is 30.3 Å². The van der Waals surface area contributed by atoms with Crippen LogP contribution in [0.1, 0.15) is 45.4 Å². The van der Waals surface area contributed by atoms with Crippen LogP contribution in [0.4, 0.5) is 5.69 Å². The molecular formula is C19H30N2O2S. The van der Waals surface area contributed by atoms with E-state index in [4.69, 9.17) is 10.1 Å². The maximum absolute atomic E-state index is 12.0. The number of nitrogens with one attached hydrogen (secondary N) is 2. The van der Waals surface area contributed by atoms with Crippen molar-refractivity contribution in [3.8, 4) is 0 Å². The molecular weight excluding hydrogens is 320 g/mol. The third kappa shape index (κ3) is 6.56. The quantitative estimate of drug-likeness (QED) is 0.414. The zero-order valence-corrected chi connectivity index (χ0v) is 15.6. The summed E-state index contributed by atoms with van der Waals surface area (Å²) >= 11 is 3.53. The molecule has 0 aromatic heterocycles. The van der Waals surface area contributed by atoms with Crippen LogP contribution in [0.25, 0.3) is 0 Å². The molecule has 2 rings (SSSR count). The Bertz CT molecular complexity index is 493. The number of para-hydroxylation sites is 1. The van der Waals surface area contributed by atoms with E-state index in [9.17, 15) is 4.79 Å². The van der Waals surface area contributed by atoms with Gasteiger partial charge in [-0.2, -0.15) is 12.6 Å². The fourth-order valence-electron chi connectivity index (χ4n) is 3.11. The second-order valence-corrected chi connectivity index (χ2v) is 5.85. The van der Waals surface area contributed by atoms with Crippen molar-refractivity contribution in [1.82, 2.24) is 0 Å². The Balaban J connectivity index is 0.00000139. The van der Waals surface area contributed by atoms with Gasteiger partial charge >= 0.3 is 5.97 Å². The Kier molecular flexibility index (Phi) is 10.2. The van der Waals surface area contributed by atoms with Gasteiger partial charge in [0.1, 0.15) is 5.71 Å². The number of hydrogen-bond acceptors (Lipinski definition) is 5. The van der Waals surface area contributed by atoms with Crippen molar-refractivity contribution >= 4 is 30.0 Å². The normalized spacial score (nSPS) is 20.6. The molecule has 4 nitrogen and oxygen atoms in total. The van der Waals surface area contributed by atoms with E-state index >= 15 is 0 Å². The number of esters is 1. The minimum absolute atomic E-state index is 0.0699. The molecule has 2 N–H and O–H groups in total. The van der Waals surface area contributed by atoms with E-state index in [1.54, 1.807) is 13.2 Å². The Morgan fingerprint density at radius 3 is 2.42 bits per heavy atom. The van der Waals surface area contributed by atoms with Crippen molar-refractivity contribution < 1.29 is 9.53 Å². The molecule has 1 aliphatic carbocycles. The number of carbonyl (C=O) groups excluding carboxylic acids is 1. The van der Waals surface area contributed by atoms with Gasteiger partial charge in [-0.15, -0.1) is 0 Å². The van der Waals surface area contributed by atoms with Gasteiger partial charge in [-0.1, -0.05) is 43.9 Å². The first-order valence-corrected chi connectivity index (χ1v) is 9.63. The standard InChI is InChI=1S/C18H26N2O2.CH4S/c1-2-22-18(21)17(19)15-12-8-3-4-9-13-16(15)20-14-10-6-5-7-11-14;1-2/h5-7,10-11,15-16,19-20H,2-4,8-9,12-13H2,1H3;2H,1H3. The lowest BCUT2D eigenvalue weighted by Crippen LogP contribution is -2.39. The first-order valence-electron chi connectivity index (χ1n) is 8.74. The van der Waals surface area contributed by atoms with E-state index in [0.29, 0.717) is 6.61 Å². The zero-order valence-electron chi connectivity index (χ0n) is 14.8. The van der Waals surface area contributed by atoms with E-state index in [1.807, 2.05) is 30.3 Å². The number of thiol groups is 1. The molecule has 134 valence electrons. The van der Waals surface area contributed by atoms with Gasteiger partial charge in [-0.05, 0) is 38.2 Å². The summed E-state index contributed by atoms with van der Waals surface area (Å²) in [7, 11) is 0. The van der Waals surface area contributed by atoms with Crippen LogP contribution in [0.5, 0.6) is 0 Å². The van der Waals surface area contributed by atoms with Crippen LogP contribution >= 0.6 is 12.6 Å². The van der Waals surface area contributed by atoms with Gasteiger partial charge in [0.15, 0.2) is 0 Å². The molecule has 0 spiro atoms. The molecule has 1 aliphatic rings. The third-order valence-electron chi connectivity index (χ3n) is 4.26. The molecule has 1 fully saturated rings. The van der Waals surface area contributed by atoms with Gasteiger partial charge in [-0.3, -0.25) is 5.41 Å². The second kappa shape index (κ2) is 12.0. The molecule has 0 saturated heterocycles. The number of anilines is 1. The first kappa shape index (κ1) is 20.6. The average molecular weight is 351 g/mol. The fraction of sp³-hybridized carbons (Fsp3) is 0.579. The predicted octanol–water partition coefficient (Wildman–Crippen LogP) is 4.57. The number of rotatable bonds is 5. The molecule has 0 heterocycles. The predicted molar refractivity (Wildman–Crippen MR) is 104 cm³/mol. The average Bonchev–Trinajstić information content (AvgIpc) is 2.60. The van der Waals surface area contributed by atoms with Crippen LogP contribution in [0.3, 0.4) is 0 Å². The van der Waals surface area contributed by atoms with E-state index in [2.05, 4.69) is 17.9 Å². The minimum atomic E-state index is -0.465. The van der Waals surface area contributed by atoms with Gasteiger partial charge in [0.2, 0.25) is 0 Å². The molecule has 2 unspecified atom stereocenters. The van der Waals surface area contributed by atoms with Gasteiger partial charge in [0, 0.05) is 17.6 Å². The first-order chi connectivity index (χ1) is 11.7. The highest BCUT2D eigenvalue weighted by Crippen LogP contribution is 2.27. The smallest absolute Gasteiger partial charge is 0.352 e. The highest BCUT2D eigenvalue weighted by Gasteiger charge is 2.30.